The normalized spacial score (nSPS) is 10.5. The van der Waals surface area contributed by atoms with E-state index in [1.54, 1.807) is 0 Å². The maximum absolute atomic E-state index is 12.0. The van der Waals surface area contributed by atoms with E-state index < -0.39 is 0 Å². The van der Waals surface area contributed by atoms with E-state index in [0.717, 1.165) is 30.4 Å². The Labute approximate surface area is 163 Å². The Morgan fingerprint density at radius 2 is 1.82 bits per heavy atom. The zero-order valence-electron chi connectivity index (χ0n) is 16.3. The monoisotopic (exact) mass is 380 g/mol. The van der Waals surface area contributed by atoms with Gasteiger partial charge in [-0.25, -0.2) is 19.6 Å². The largest absolute Gasteiger partial charge is 0.357 e. The van der Waals surface area contributed by atoms with E-state index in [2.05, 4.69) is 49.4 Å². The zero-order chi connectivity index (χ0) is 19.9. The summed E-state index contributed by atoms with van der Waals surface area (Å²) in [5, 5.41) is 10.0. The van der Waals surface area contributed by atoms with Crippen LogP contribution in [-0.4, -0.2) is 43.7 Å². The van der Waals surface area contributed by atoms with E-state index in [4.69, 9.17) is 0 Å². The fourth-order valence-corrected chi connectivity index (χ4v) is 2.77. The van der Waals surface area contributed by atoms with Gasteiger partial charge in [-0.2, -0.15) is 5.10 Å². The van der Waals surface area contributed by atoms with Gasteiger partial charge < -0.3 is 15.5 Å². The van der Waals surface area contributed by atoms with Gasteiger partial charge in [0.1, 0.15) is 36.7 Å². The molecule has 28 heavy (non-hydrogen) atoms. The van der Waals surface area contributed by atoms with E-state index in [1.165, 1.54) is 17.3 Å². The second-order valence-corrected chi connectivity index (χ2v) is 6.17. The van der Waals surface area contributed by atoms with Gasteiger partial charge in [0.25, 0.3) is 0 Å². The molecular formula is C19H24N8O. The summed E-state index contributed by atoms with van der Waals surface area (Å²) < 4.78 is 1.47. The predicted molar refractivity (Wildman–Crippen MR) is 109 cm³/mol. The fourth-order valence-electron chi connectivity index (χ4n) is 2.77. The van der Waals surface area contributed by atoms with Crippen molar-refractivity contribution in [1.82, 2.24) is 24.7 Å². The molecule has 0 radical (unpaired) electrons. The summed E-state index contributed by atoms with van der Waals surface area (Å²) >= 11 is 0. The van der Waals surface area contributed by atoms with Crippen LogP contribution in [0.4, 0.5) is 23.0 Å². The van der Waals surface area contributed by atoms with Crippen molar-refractivity contribution in [3.8, 4) is 0 Å². The van der Waals surface area contributed by atoms with Crippen LogP contribution in [-0.2, 0) is 11.3 Å². The molecule has 9 heteroatoms. The highest BCUT2D eigenvalue weighted by Gasteiger charge is 2.08. The van der Waals surface area contributed by atoms with Gasteiger partial charge in [0.15, 0.2) is 0 Å². The molecule has 2 heterocycles. The minimum atomic E-state index is -0.165. The summed E-state index contributed by atoms with van der Waals surface area (Å²) in [6, 6.07) is 9.38. The number of amides is 1. The lowest BCUT2D eigenvalue weighted by Gasteiger charge is -2.20. The van der Waals surface area contributed by atoms with Crippen molar-refractivity contribution < 1.29 is 4.79 Å². The van der Waals surface area contributed by atoms with Crippen LogP contribution in [0.15, 0.2) is 43.0 Å². The highest BCUT2D eigenvalue weighted by molar-refractivity contribution is 5.90. The molecule has 0 atom stereocenters. The predicted octanol–water partition coefficient (Wildman–Crippen LogP) is 2.61. The topological polar surface area (TPSA) is 101 Å². The first-order valence-electron chi connectivity index (χ1n) is 9.17. The van der Waals surface area contributed by atoms with Crippen LogP contribution in [0.25, 0.3) is 0 Å². The lowest BCUT2D eigenvalue weighted by molar-refractivity contribution is -0.116. The minimum Gasteiger partial charge on any atom is -0.357 e. The number of aryl methyl sites for hydroxylation is 1. The van der Waals surface area contributed by atoms with Crippen LogP contribution in [0.5, 0.6) is 0 Å². The summed E-state index contributed by atoms with van der Waals surface area (Å²) in [7, 11) is 0. The molecule has 0 unspecified atom stereocenters. The maximum atomic E-state index is 12.0. The van der Waals surface area contributed by atoms with Crippen LogP contribution in [0, 0.1) is 6.92 Å². The number of benzene rings is 1. The first kappa shape index (κ1) is 19.3. The molecule has 0 aliphatic rings. The number of hydrogen-bond donors (Lipinski definition) is 2. The molecule has 0 aliphatic carbocycles. The highest BCUT2D eigenvalue weighted by atomic mass is 16.2. The second-order valence-electron chi connectivity index (χ2n) is 6.17. The molecule has 2 N–H and O–H groups in total. The molecule has 146 valence electrons. The first-order valence-corrected chi connectivity index (χ1v) is 9.17. The van der Waals surface area contributed by atoms with E-state index in [0.29, 0.717) is 11.5 Å². The zero-order valence-corrected chi connectivity index (χ0v) is 16.3. The van der Waals surface area contributed by atoms with Gasteiger partial charge >= 0.3 is 0 Å². The van der Waals surface area contributed by atoms with E-state index in [-0.39, 0.29) is 12.5 Å². The fraction of sp³-hybridized carbons (Fsp3) is 0.316. The molecule has 0 saturated heterocycles. The number of nitrogens with zero attached hydrogens (tertiary/aromatic N) is 6. The Balaban J connectivity index is 1.65. The third kappa shape index (κ3) is 5.03. The van der Waals surface area contributed by atoms with Gasteiger partial charge in [-0.05, 0) is 45.0 Å². The summed E-state index contributed by atoms with van der Waals surface area (Å²) in [4.78, 5) is 27.0. The number of anilines is 4. The molecule has 2 aromatic heterocycles. The Bertz CT molecular complexity index is 904. The number of hydrogen-bond acceptors (Lipinski definition) is 7. The maximum Gasteiger partial charge on any atom is 0.246 e. The van der Waals surface area contributed by atoms with E-state index >= 15 is 0 Å². The van der Waals surface area contributed by atoms with Crippen molar-refractivity contribution in [2.45, 2.75) is 27.3 Å². The highest BCUT2D eigenvalue weighted by Crippen LogP contribution is 2.21. The van der Waals surface area contributed by atoms with Crippen molar-refractivity contribution in [1.29, 1.82) is 0 Å². The Hall–Kier alpha value is -3.49. The second kappa shape index (κ2) is 8.94. The lowest BCUT2D eigenvalue weighted by atomic mass is 10.2. The molecule has 0 spiro atoms. The Morgan fingerprint density at radius 3 is 2.46 bits per heavy atom. The molecule has 0 fully saturated rings. The molecular weight excluding hydrogens is 356 g/mol. The molecule has 0 bridgehead atoms. The molecule has 9 nitrogen and oxygen atoms in total. The van der Waals surface area contributed by atoms with Crippen molar-refractivity contribution in [3.63, 3.8) is 0 Å². The van der Waals surface area contributed by atoms with Gasteiger partial charge in [-0.15, -0.1) is 0 Å². The van der Waals surface area contributed by atoms with Crippen LogP contribution in [0.2, 0.25) is 0 Å². The minimum absolute atomic E-state index is 0.119. The molecule has 3 rings (SSSR count). The summed E-state index contributed by atoms with van der Waals surface area (Å²) in [6.45, 7) is 7.97. The number of carbonyl (C=O) groups excluding carboxylic acids is 1. The van der Waals surface area contributed by atoms with Gasteiger partial charge in [0.2, 0.25) is 5.91 Å². The van der Waals surface area contributed by atoms with Crippen molar-refractivity contribution in [2.24, 2.45) is 0 Å². The van der Waals surface area contributed by atoms with Crippen LogP contribution in [0.3, 0.4) is 0 Å². The third-order valence-corrected chi connectivity index (χ3v) is 4.13. The SMILES string of the molecule is CCN(CC)c1cc(Nc2ccc(NC(=O)Cn3cncn3)cc2)nc(C)n1. The Morgan fingerprint density at radius 1 is 1.11 bits per heavy atom. The molecule has 3 aromatic rings. The van der Waals surface area contributed by atoms with Gasteiger partial charge in [0, 0.05) is 30.5 Å². The van der Waals surface area contributed by atoms with Gasteiger partial charge in [-0.1, -0.05) is 0 Å². The lowest BCUT2D eigenvalue weighted by Crippen LogP contribution is -2.23. The Kier molecular flexibility index (Phi) is 6.15. The quantitative estimate of drug-likeness (QED) is 0.619. The smallest absolute Gasteiger partial charge is 0.246 e. The van der Waals surface area contributed by atoms with Crippen LogP contribution in [0.1, 0.15) is 19.7 Å². The standard InChI is InChI=1S/C19H24N8O/c1-4-26(5-2)18-10-17(22-14(3)23-18)24-15-6-8-16(9-7-15)25-19(28)11-27-13-20-12-21-27/h6-10,12-13H,4-5,11H2,1-3H3,(H,25,28)(H,22,23,24). The van der Waals surface area contributed by atoms with Gasteiger partial charge in [0.05, 0.1) is 0 Å². The van der Waals surface area contributed by atoms with E-state index in [9.17, 15) is 4.79 Å². The summed E-state index contributed by atoms with van der Waals surface area (Å²) in [5.74, 6) is 2.18. The van der Waals surface area contributed by atoms with Crippen LogP contribution < -0.4 is 15.5 Å². The number of carbonyl (C=O) groups is 1. The average Bonchev–Trinajstić information content (AvgIpc) is 3.17. The summed E-state index contributed by atoms with van der Waals surface area (Å²) in [6.07, 6.45) is 2.90. The number of nitrogens with one attached hydrogen (secondary N) is 2. The first-order chi connectivity index (χ1) is 13.6. The molecule has 1 aromatic carbocycles. The van der Waals surface area contributed by atoms with E-state index in [1.807, 2.05) is 37.3 Å². The van der Waals surface area contributed by atoms with Gasteiger partial charge in [-0.3, -0.25) is 4.79 Å². The molecule has 0 aliphatic heterocycles. The molecule has 0 saturated carbocycles. The van der Waals surface area contributed by atoms with Crippen molar-refractivity contribution in [3.05, 3.63) is 48.8 Å². The molecule has 1 amide bonds. The number of aromatic nitrogens is 5. The average molecular weight is 380 g/mol. The van der Waals surface area contributed by atoms with Crippen molar-refractivity contribution in [2.75, 3.05) is 28.6 Å². The summed E-state index contributed by atoms with van der Waals surface area (Å²) in [5.41, 5.74) is 1.58. The van der Waals surface area contributed by atoms with Crippen LogP contribution >= 0.6 is 0 Å². The third-order valence-electron chi connectivity index (χ3n) is 4.13. The number of rotatable bonds is 8. The van der Waals surface area contributed by atoms with Crippen molar-refractivity contribution >= 4 is 28.9 Å².